The van der Waals surface area contributed by atoms with E-state index in [1.807, 2.05) is 13.0 Å². The van der Waals surface area contributed by atoms with Gasteiger partial charge in [-0.25, -0.2) is 4.79 Å². The molecule has 0 aliphatic rings. The number of halogens is 3. The topological polar surface area (TPSA) is 43.4 Å². The van der Waals surface area contributed by atoms with Crippen LogP contribution in [0.3, 0.4) is 0 Å². The third kappa shape index (κ3) is 5.65. The lowest BCUT2D eigenvalue weighted by Crippen LogP contribution is -2.17. The molecule has 0 amide bonds. The van der Waals surface area contributed by atoms with Crippen molar-refractivity contribution in [2.75, 3.05) is 7.11 Å². The Bertz CT molecular complexity index is 1100. The zero-order valence-electron chi connectivity index (χ0n) is 17.7. The van der Waals surface area contributed by atoms with Gasteiger partial charge >= 0.3 is 12.1 Å². The first-order valence-corrected chi connectivity index (χ1v) is 11.0. The highest BCUT2D eigenvalue weighted by molar-refractivity contribution is 7.13. The zero-order valence-corrected chi connectivity index (χ0v) is 18.6. The maximum absolute atomic E-state index is 13.3. The summed E-state index contributed by atoms with van der Waals surface area (Å²) in [5, 5.41) is 0. The summed E-state index contributed by atoms with van der Waals surface area (Å²) in [7, 11) is 1.32. The molecule has 1 unspecified atom stereocenters. The van der Waals surface area contributed by atoms with E-state index in [2.05, 4.69) is 0 Å². The summed E-state index contributed by atoms with van der Waals surface area (Å²) in [6.45, 7) is 1.99. The average Bonchev–Trinajstić information content (AvgIpc) is 3.26. The van der Waals surface area contributed by atoms with E-state index in [9.17, 15) is 22.8 Å². The Labute approximate surface area is 188 Å². The minimum Gasteiger partial charge on any atom is -0.465 e. The van der Waals surface area contributed by atoms with Gasteiger partial charge in [0.15, 0.2) is 5.78 Å². The van der Waals surface area contributed by atoms with Crippen molar-refractivity contribution >= 4 is 23.1 Å². The van der Waals surface area contributed by atoms with Crippen molar-refractivity contribution in [2.24, 2.45) is 5.92 Å². The average molecular weight is 461 g/mol. The summed E-state index contributed by atoms with van der Waals surface area (Å²) in [5.74, 6) is -0.761. The molecule has 0 radical (unpaired) electrons. The van der Waals surface area contributed by atoms with Gasteiger partial charge in [0.05, 0.1) is 12.7 Å². The van der Waals surface area contributed by atoms with Gasteiger partial charge in [0.2, 0.25) is 0 Å². The molecule has 0 saturated heterocycles. The van der Waals surface area contributed by atoms with Crippen molar-refractivity contribution in [3.8, 4) is 11.1 Å². The number of carbonyl (C=O) groups is 2. The van der Waals surface area contributed by atoms with Gasteiger partial charge in [-0.15, -0.1) is 11.3 Å². The molecule has 0 bridgehead atoms. The molecule has 2 aromatic carbocycles. The van der Waals surface area contributed by atoms with Gasteiger partial charge in [-0.1, -0.05) is 43.7 Å². The summed E-state index contributed by atoms with van der Waals surface area (Å²) in [5.41, 5.74) is 0.696. The first-order chi connectivity index (χ1) is 15.2. The standard InChI is InChI=1S/C25H23F3O3S/c1-3-6-18(15-21-11-12-22(32-21)24(30)31-2)23(29)19-9-4-7-16(13-19)17-8-5-10-20(14-17)25(26,27)28/h4-5,7-14,18H,3,6,15H2,1-2H3. The second-order valence-electron chi connectivity index (χ2n) is 7.47. The third-order valence-corrected chi connectivity index (χ3v) is 6.26. The number of methoxy groups -OCH3 is 1. The highest BCUT2D eigenvalue weighted by Crippen LogP contribution is 2.33. The molecule has 3 aromatic rings. The fourth-order valence-corrected chi connectivity index (χ4v) is 4.58. The summed E-state index contributed by atoms with van der Waals surface area (Å²) >= 11 is 1.30. The summed E-state index contributed by atoms with van der Waals surface area (Å²) in [6, 6.07) is 15.3. The largest absolute Gasteiger partial charge is 0.465 e. The molecule has 32 heavy (non-hydrogen) atoms. The molecule has 1 aromatic heterocycles. The maximum atomic E-state index is 13.3. The Morgan fingerprint density at radius 2 is 1.69 bits per heavy atom. The van der Waals surface area contributed by atoms with E-state index < -0.39 is 17.7 Å². The van der Waals surface area contributed by atoms with Crippen LogP contribution in [0.5, 0.6) is 0 Å². The van der Waals surface area contributed by atoms with E-state index in [4.69, 9.17) is 4.74 Å². The van der Waals surface area contributed by atoms with Crippen LogP contribution in [-0.4, -0.2) is 18.9 Å². The smallest absolute Gasteiger partial charge is 0.416 e. The molecule has 1 heterocycles. The Morgan fingerprint density at radius 1 is 1.00 bits per heavy atom. The second-order valence-corrected chi connectivity index (χ2v) is 8.64. The monoisotopic (exact) mass is 460 g/mol. The van der Waals surface area contributed by atoms with E-state index in [1.54, 1.807) is 36.4 Å². The van der Waals surface area contributed by atoms with Crippen molar-refractivity contribution in [3.05, 3.63) is 81.5 Å². The number of esters is 1. The predicted octanol–water partition coefficient (Wildman–Crippen LogP) is 7.06. The van der Waals surface area contributed by atoms with Gasteiger partial charge in [0, 0.05) is 16.4 Å². The Balaban J connectivity index is 1.85. The van der Waals surface area contributed by atoms with Crippen LogP contribution in [0.1, 0.15) is 50.2 Å². The number of rotatable bonds is 8. The molecule has 0 aliphatic carbocycles. The highest BCUT2D eigenvalue weighted by atomic mass is 32.1. The Morgan fingerprint density at radius 3 is 2.34 bits per heavy atom. The number of ether oxygens (including phenoxy) is 1. The van der Waals surface area contributed by atoms with E-state index in [0.29, 0.717) is 34.4 Å². The van der Waals surface area contributed by atoms with E-state index in [1.165, 1.54) is 24.5 Å². The molecule has 1 atom stereocenters. The molecular formula is C25H23F3O3S. The van der Waals surface area contributed by atoms with Crippen molar-refractivity contribution in [3.63, 3.8) is 0 Å². The quantitative estimate of drug-likeness (QED) is 0.267. The van der Waals surface area contributed by atoms with Gasteiger partial charge < -0.3 is 4.74 Å². The fraction of sp³-hybridized carbons (Fsp3) is 0.280. The number of carbonyl (C=O) groups excluding carboxylic acids is 2. The number of hydrogen-bond donors (Lipinski definition) is 0. The minimum atomic E-state index is -4.43. The second kappa shape index (κ2) is 10.1. The molecule has 168 valence electrons. The van der Waals surface area contributed by atoms with E-state index >= 15 is 0 Å². The van der Waals surface area contributed by atoms with Crippen LogP contribution in [-0.2, 0) is 17.3 Å². The highest BCUT2D eigenvalue weighted by Gasteiger charge is 2.30. The minimum absolute atomic E-state index is 0.0614. The number of hydrogen-bond acceptors (Lipinski definition) is 4. The summed E-state index contributed by atoms with van der Waals surface area (Å²) in [6.07, 6.45) is -2.47. The number of alkyl halides is 3. The lowest BCUT2D eigenvalue weighted by molar-refractivity contribution is -0.137. The summed E-state index contributed by atoms with van der Waals surface area (Å²) in [4.78, 5) is 26.4. The molecule has 0 spiro atoms. The summed E-state index contributed by atoms with van der Waals surface area (Å²) < 4.78 is 44.0. The lowest BCUT2D eigenvalue weighted by atomic mass is 9.89. The molecule has 3 nitrogen and oxygen atoms in total. The van der Waals surface area contributed by atoms with Crippen LogP contribution in [0.2, 0.25) is 0 Å². The zero-order chi connectivity index (χ0) is 23.3. The maximum Gasteiger partial charge on any atom is 0.416 e. The SMILES string of the molecule is CCCC(Cc1ccc(C(=O)OC)s1)C(=O)c1cccc(-c2cccc(C(F)(F)F)c2)c1. The van der Waals surface area contributed by atoms with E-state index in [-0.39, 0.29) is 11.7 Å². The molecule has 0 fully saturated rings. The van der Waals surface area contributed by atoms with Gasteiger partial charge in [-0.2, -0.15) is 13.2 Å². The molecule has 7 heteroatoms. The Hall–Kier alpha value is -2.93. The van der Waals surface area contributed by atoms with Crippen LogP contribution < -0.4 is 0 Å². The Kier molecular flexibility index (Phi) is 7.51. The first kappa shape index (κ1) is 23.7. The van der Waals surface area contributed by atoms with Crippen LogP contribution in [0.15, 0.2) is 60.7 Å². The van der Waals surface area contributed by atoms with Gasteiger partial charge in [0.25, 0.3) is 0 Å². The molecule has 3 rings (SSSR count). The van der Waals surface area contributed by atoms with Crippen molar-refractivity contribution in [2.45, 2.75) is 32.4 Å². The van der Waals surface area contributed by atoms with E-state index in [0.717, 1.165) is 23.4 Å². The van der Waals surface area contributed by atoms with Crippen molar-refractivity contribution in [1.82, 2.24) is 0 Å². The molecule has 0 saturated carbocycles. The number of ketones is 1. The molecular weight excluding hydrogens is 437 g/mol. The van der Waals surface area contributed by atoms with Crippen LogP contribution >= 0.6 is 11.3 Å². The van der Waals surface area contributed by atoms with Crippen molar-refractivity contribution < 1.29 is 27.5 Å². The van der Waals surface area contributed by atoms with Crippen LogP contribution in [0.25, 0.3) is 11.1 Å². The van der Waals surface area contributed by atoms with Crippen LogP contribution in [0, 0.1) is 5.92 Å². The predicted molar refractivity (Wildman–Crippen MR) is 119 cm³/mol. The van der Waals surface area contributed by atoms with Crippen molar-refractivity contribution in [1.29, 1.82) is 0 Å². The lowest BCUT2D eigenvalue weighted by Gasteiger charge is -2.15. The first-order valence-electron chi connectivity index (χ1n) is 10.2. The van der Waals surface area contributed by atoms with Crippen LogP contribution in [0.4, 0.5) is 13.2 Å². The fourth-order valence-electron chi connectivity index (χ4n) is 3.58. The third-order valence-electron chi connectivity index (χ3n) is 5.17. The molecule has 0 aliphatic heterocycles. The number of Topliss-reactive ketones (excluding diaryl/α,β-unsaturated/α-hetero) is 1. The number of thiophene rings is 1. The normalized spacial score (nSPS) is 12.4. The number of benzene rings is 2. The van der Waals surface area contributed by atoms with Gasteiger partial charge in [0.1, 0.15) is 4.88 Å². The van der Waals surface area contributed by atoms with Gasteiger partial charge in [-0.05, 0) is 54.3 Å². The molecule has 0 N–H and O–H groups in total. The van der Waals surface area contributed by atoms with Gasteiger partial charge in [-0.3, -0.25) is 4.79 Å².